The Kier molecular flexibility index (Phi) is 6.98. The summed E-state index contributed by atoms with van der Waals surface area (Å²) in [6.07, 6.45) is 1.95. The van der Waals surface area contributed by atoms with E-state index in [-0.39, 0.29) is 5.41 Å². The number of hydrogen-bond acceptors (Lipinski definition) is 2. The predicted molar refractivity (Wildman–Crippen MR) is 243 cm³/mol. The lowest BCUT2D eigenvalue weighted by molar-refractivity contribution is 0.661. The number of aromatic nitrogens is 3. The first kappa shape index (κ1) is 32.8. The van der Waals surface area contributed by atoms with Gasteiger partial charge >= 0.3 is 0 Å². The number of para-hydroxylation sites is 2. The monoisotopic (exact) mass is 739 g/mol. The Morgan fingerprint density at radius 3 is 1.52 bits per heavy atom. The van der Waals surface area contributed by atoms with Crippen molar-refractivity contribution in [2.75, 3.05) is 0 Å². The van der Waals surface area contributed by atoms with Gasteiger partial charge in [-0.3, -0.25) is 4.98 Å². The molecule has 3 nitrogen and oxygen atoms in total. The predicted octanol–water partition coefficient (Wildman–Crippen LogP) is 14.3. The molecule has 0 amide bonds. The van der Waals surface area contributed by atoms with Gasteiger partial charge in [0.25, 0.3) is 0 Å². The third-order valence-electron chi connectivity index (χ3n) is 12.6. The van der Waals surface area contributed by atoms with Gasteiger partial charge in [-0.25, -0.2) is 4.98 Å². The van der Waals surface area contributed by atoms with Crippen LogP contribution in [-0.4, -0.2) is 14.5 Å². The Morgan fingerprint density at radius 1 is 0.397 bits per heavy atom. The van der Waals surface area contributed by atoms with Crippen LogP contribution in [-0.2, 0) is 5.41 Å². The SMILES string of the molecule is CC1(C)c2cc(-c3cccc(-c4cccc(-n5c6ccccc6c6ccccc65)c4)c3)ccc2-c2ccc(-c3cnc4c5ccccc5c5ccccc5c4n3)cc21. The van der Waals surface area contributed by atoms with Crippen molar-refractivity contribution in [3.8, 4) is 50.3 Å². The minimum absolute atomic E-state index is 0.196. The molecule has 0 N–H and O–H groups in total. The van der Waals surface area contributed by atoms with E-state index in [4.69, 9.17) is 9.97 Å². The van der Waals surface area contributed by atoms with E-state index >= 15 is 0 Å². The summed E-state index contributed by atoms with van der Waals surface area (Å²) in [6.45, 7) is 4.71. The molecule has 3 heteroatoms. The van der Waals surface area contributed by atoms with Crippen LogP contribution in [0.3, 0.4) is 0 Å². The highest BCUT2D eigenvalue weighted by atomic mass is 15.0. The molecule has 1 aliphatic carbocycles. The van der Waals surface area contributed by atoms with Gasteiger partial charge in [-0.15, -0.1) is 0 Å². The van der Waals surface area contributed by atoms with Gasteiger partial charge in [0, 0.05) is 38.2 Å². The summed E-state index contributed by atoms with van der Waals surface area (Å²) in [6, 6.07) is 66.3. The number of benzene rings is 9. The van der Waals surface area contributed by atoms with Crippen LogP contribution in [0.5, 0.6) is 0 Å². The number of fused-ring (bicyclic) bond motifs is 12. The Labute approximate surface area is 336 Å². The van der Waals surface area contributed by atoms with Gasteiger partial charge in [-0.1, -0.05) is 153 Å². The minimum atomic E-state index is -0.196. The highest BCUT2D eigenvalue weighted by molar-refractivity contribution is 6.23. The zero-order chi connectivity index (χ0) is 38.5. The second-order valence-electron chi connectivity index (χ2n) is 16.2. The summed E-state index contributed by atoms with van der Waals surface area (Å²) < 4.78 is 2.39. The second kappa shape index (κ2) is 12.3. The zero-order valence-corrected chi connectivity index (χ0v) is 32.2. The lowest BCUT2D eigenvalue weighted by Gasteiger charge is -2.22. The molecule has 12 rings (SSSR count). The Hall–Kier alpha value is -7.36. The molecule has 9 aromatic carbocycles. The molecule has 0 bridgehead atoms. The van der Waals surface area contributed by atoms with Crippen molar-refractivity contribution in [2.24, 2.45) is 0 Å². The van der Waals surface area contributed by atoms with Crippen molar-refractivity contribution in [1.82, 2.24) is 14.5 Å². The first-order valence-corrected chi connectivity index (χ1v) is 20.1. The van der Waals surface area contributed by atoms with Crippen LogP contribution in [0.2, 0.25) is 0 Å². The molecule has 11 aromatic rings. The lowest BCUT2D eigenvalue weighted by atomic mass is 9.81. The average molecular weight is 740 g/mol. The average Bonchev–Trinajstić information content (AvgIpc) is 3.74. The summed E-state index contributed by atoms with van der Waals surface area (Å²) in [5, 5.41) is 7.22. The fourth-order valence-electron chi connectivity index (χ4n) is 9.74. The van der Waals surface area contributed by atoms with Gasteiger partial charge < -0.3 is 4.57 Å². The normalized spacial score (nSPS) is 13.1. The maximum atomic E-state index is 5.32. The molecule has 1 aliphatic rings. The van der Waals surface area contributed by atoms with Crippen molar-refractivity contribution in [3.63, 3.8) is 0 Å². The zero-order valence-electron chi connectivity index (χ0n) is 32.2. The molecule has 0 spiro atoms. The van der Waals surface area contributed by atoms with Crippen LogP contribution in [0.4, 0.5) is 0 Å². The largest absolute Gasteiger partial charge is 0.309 e. The fourth-order valence-corrected chi connectivity index (χ4v) is 9.74. The van der Waals surface area contributed by atoms with Gasteiger partial charge in [0.15, 0.2) is 0 Å². The van der Waals surface area contributed by atoms with Gasteiger partial charge in [0.05, 0.1) is 34.0 Å². The van der Waals surface area contributed by atoms with Gasteiger partial charge in [0.1, 0.15) is 0 Å². The Morgan fingerprint density at radius 2 is 0.879 bits per heavy atom. The fraction of sp³-hybridized carbons (Fsp3) is 0.0545. The molecule has 0 atom stereocenters. The molecular formula is C55H37N3. The van der Waals surface area contributed by atoms with E-state index in [1.54, 1.807) is 0 Å². The smallest absolute Gasteiger partial charge is 0.0979 e. The van der Waals surface area contributed by atoms with E-state index in [0.717, 1.165) is 38.8 Å². The van der Waals surface area contributed by atoms with Crippen molar-refractivity contribution in [1.29, 1.82) is 0 Å². The summed E-state index contributed by atoms with van der Waals surface area (Å²) in [5.41, 5.74) is 17.3. The van der Waals surface area contributed by atoms with Crippen LogP contribution in [0.15, 0.2) is 188 Å². The first-order valence-electron chi connectivity index (χ1n) is 20.1. The lowest BCUT2D eigenvalue weighted by Crippen LogP contribution is -2.15. The van der Waals surface area contributed by atoms with Crippen molar-refractivity contribution in [3.05, 3.63) is 199 Å². The van der Waals surface area contributed by atoms with Crippen LogP contribution in [0.25, 0.3) is 105 Å². The van der Waals surface area contributed by atoms with E-state index in [9.17, 15) is 0 Å². The van der Waals surface area contributed by atoms with E-state index in [1.165, 1.54) is 77.1 Å². The number of nitrogens with zero attached hydrogens (tertiary/aromatic N) is 3. The van der Waals surface area contributed by atoms with Crippen LogP contribution < -0.4 is 0 Å². The molecule has 0 saturated heterocycles. The quantitative estimate of drug-likeness (QED) is 0.168. The maximum Gasteiger partial charge on any atom is 0.0979 e. The highest BCUT2D eigenvalue weighted by Gasteiger charge is 2.36. The van der Waals surface area contributed by atoms with Crippen LogP contribution in [0.1, 0.15) is 25.0 Å². The van der Waals surface area contributed by atoms with E-state index in [1.807, 2.05) is 6.20 Å². The van der Waals surface area contributed by atoms with E-state index in [0.29, 0.717) is 0 Å². The van der Waals surface area contributed by atoms with Crippen molar-refractivity contribution >= 4 is 54.4 Å². The molecule has 0 unspecified atom stereocenters. The molecule has 0 radical (unpaired) electrons. The number of rotatable bonds is 4. The van der Waals surface area contributed by atoms with E-state index < -0.39 is 0 Å². The minimum Gasteiger partial charge on any atom is -0.309 e. The number of hydrogen-bond donors (Lipinski definition) is 0. The van der Waals surface area contributed by atoms with Gasteiger partial charge in [0.2, 0.25) is 0 Å². The first-order chi connectivity index (χ1) is 28.5. The molecule has 0 aliphatic heterocycles. The maximum absolute atomic E-state index is 5.32. The van der Waals surface area contributed by atoms with Crippen LogP contribution in [0, 0.1) is 0 Å². The van der Waals surface area contributed by atoms with Crippen LogP contribution >= 0.6 is 0 Å². The molecule has 58 heavy (non-hydrogen) atoms. The van der Waals surface area contributed by atoms with Gasteiger partial charge in [-0.2, -0.15) is 0 Å². The highest BCUT2D eigenvalue weighted by Crippen LogP contribution is 2.51. The second-order valence-corrected chi connectivity index (χ2v) is 16.2. The summed E-state index contributed by atoms with van der Waals surface area (Å²) >= 11 is 0. The van der Waals surface area contributed by atoms with Crippen molar-refractivity contribution < 1.29 is 0 Å². The summed E-state index contributed by atoms with van der Waals surface area (Å²) in [7, 11) is 0. The van der Waals surface area contributed by atoms with Crippen molar-refractivity contribution in [2.45, 2.75) is 19.3 Å². The molecule has 272 valence electrons. The molecule has 0 fully saturated rings. The Bertz CT molecular complexity index is 3410. The molecule has 2 heterocycles. The third-order valence-corrected chi connectivity index (χ3v) is 12.6. The van der Waals surface area contributed by atoms with Gasteiger partial charge in [-0.05, 0) is 97.7 Å². The standard InChI is InChI=1S/C55H37N3/c1-55(2)48-31-37(35-14-11-13-34(29-35)36-15-12-16-39(30-36)58-51-23-9-7-19-44(51)45-20-8-10-24-52(45)58)25-27-42(48)43-28-26-38(32-49(43)55)50-33-56-53-46-21-5-3-17-40(46)41-18-4-6-22-47(41)54(53)57-50/h3-33H,1-2H3. The summed E-state index contributed by atoms with van der Waals surface area (Å²) in [4.78, 5) is 10.4. The Balaban J connectivity index is 0.905. The van der Waals surface area contributed by atoms with E-state index in [2.05, 4.69) is 200 Å². The molecule has 0 saturated carbocycles. The molecular weight excluding hydrogens is 703 g/mol. The third kappa shape index (κ3) is 4.80. The summed E-state index contributed by atoms with van der Waals surface area (Å²) in [5.74, 6) is 0. The molecule has 2 aromatic heterocycles. The topological polar surface area (TPSA) is 30.7 Å².